The molecule has 0 aliphatic rings. The molecule has 0 atom stereocenters. The van der Waals surface area contributed by atoms with Crippen molar-refractivity contribution in [3.63, 3.8) is 0 Å². The smallest absolute Gasteiger partial charge is 0.308 e. The highest BCUT2D eigenvalue weighted by Gasteiger charge is 1.99. The Morgan fingerprint density at radius 2 is 1.60 bits per heavy atom. The normalized spacial score (nSPS) is 10.1. The van der Waals surface area contributed by atoms with Gasteiger partial charge < -0.3 is 10.1 Å². The molecule has 104 valence electrons. The molecule has 0 fully saturated rings. The van der Waals surface area contributed by atoms with Crippen molar-refractivity contribution in [2.24, 2.45) is 0 Å². The highest BCUT2D eigenvalue weighted by atomic mass is 16.5. The molecule has 0 bridgehead atoms. The van der Waals surface area contributed by atoms with Crippen LogP contribution >= 0.6 is 0 Å². The van der Waals surface area contributed by atoms with Crippen molar-refractivity contribution in [2.45, 2.75) is 26.8 Å². The molecule has 0 unspecified atom stereocenters. The molecule has 20 heavy (non-hydrogen) atoms. The van der Waals surface area contributed by atoms with Crippen LogP contribution < -0.4 is 10.1 Å². The Morgan fingerprint density at radius 3 is 2.15 bits per heavy atom. The first-order chi connectivity index (χ1) is 9.67. The van der Waals surface area contributed by atoms with Crippen molar-refractivity contribution >= 4 is 11.7 Å². The van der Waals surface area contributed by atoms with Gasteiger partial charge in [-0.3, -0.25) is 4.79 Å². The highest BCUT2D eigenvalue weighted by Crippen LogP contribution is 2.16. The van der Waals surface area contributed by atoms with Crippen LogP contribution in [0.2, 0.25) is 0 Å². The fraction of sp³-hybridized carbons (Fsp3) is 0.235. The van der Waals surface area contributed by atoms with Crippen molar-refractivity contribution < 1.29 is 9.53 Å². The van der Waals surface area contributed by atoms with Gasteiger partial charge in [-0.15, -0.1) is 0 Å². The first kappa shape index (κ1) is 14.1. The number of carbonyl (C=O) groups excluding carboxylic acids is 1. The topological polar surface area (TPSA) is 38.3 Å². The Labute approximate surface area is 119 Å². The van der Waals surface area contributed by atoms with E-state index in [1.807, 2.05) is 12.1 Å². The molecule has 0 saturated carbocycles. The lowest BCUT2D eigenvalue weighted by Crippen LogP contribution is -2.02. The van der Waals surface area contributed by atoms with E-state index in [4.69, 9.17) is 4.74 Å². The maximum Gasteiger partial charge on any atom is 0.308 e. The molecule has 0 aromatic heterocycles. The van der Waals surface area contributed by atoms with Crippen molar-refractivity contribution in [1.82, 2.24) is 0 Å². The number of nitrogens with one attached hydrogen (secondary N) is 1. The van der Waals surface area contributed by atoms with Crippen molar-refractivity contribution in [3.8, 4) is 5.75 Å². The third kappa shape index (κ3) is 4.12. The van der Waals surface area contributed by atoms with Crippen LogP contribution in [-0.2, 0) is 17.8 Å². The van der Waals surface area contributed by atoms with E-state index in [9.17, 15) is 4.79 Å². The van der Waals surface area contributed by atoms with Gasteiger partial charge in [0.1, 0.15) is 5.75 Å². The number of esters is 1. The summed E-state index contributed by atoms with van der Waals surface area (Å²) in [6.45, 7) is 4.32. The second-order valence-corrected chi connectivity index (χ2v) is 4.64. The zero-order valence-electron chi connectivity index (χ0n) is 11.8. The van der Waals surface area contributed by atoms with E-state index in [0.717, 1.165) is 18.7 Å². The van der Waals surface area contributed by atoms with Gasteiger partial charge in [-0.05, 0) is 41.8 Å². The first-order valence-electron chi connectivity index (χ1n) is 6.77. The second kappa shape index (κ2) is 6.75. The molecule has 2 rings (SSSR count). The molecule has 0 amide bonds. The van der Waals surface area contributed by atoms with Gasteiger partial charge in [0.05, 0.1) is 0 Å². The maximum absolute atomic E-state index is 10.8. The fourth-order valence-corrected chi connectivity index (χ4v) is 1.90. The summed E-state index contributed by atoms with van der Waals surface area (Å²) in [6.07, 6.45) is 1.06. The summed E-state index contributed by atoms with van der Waals surface area (Å²) in [6, 6.07) is 15.9. The molecule has 2 aromatic rings. The minimum absolute atomic E-state index is 0.304. The summed E-state index contributed by atoms with van der Waals surface area (Å²) in [5.41, 5.74) is 3.59. The Morgan fingerprint density at radius 1 is 1.00 bits per heavy atom. The zero-order valence-corrected chi connectivity index (χ0v) is 11.8. The third-order valence-electron chi connectivity index (χ3n) is 3.04. The van der Waals surface area contributed by atoms with Crippen molar-refractivity contribution in [1.29, 1.82) is 0 Å². The molecule has 0 spiro atoms. The van der Waals surface area contributed by atoms with Crippen LogP contribution in [0.15, 0.2) is 48.5 Å². The van der Waals surface area contributed by atoms with E-state index >= 15 is 0 Å². The van der Waals surface area contributed by atoms with Gasteiger partial charge in [0.15, 0.2) is 0 Å². The average Bonchev–Trinajstić information content (AvgIpc) is 2.46. The van der Waals surface area contributed by atoms with E-state index in [0.29, 0.717) is 5.75 Å². The minimum atomic E-state index is -0.304. The van der Waals surface area contributed by atoms with Gasteiger partial charge in [0.2, 0.25) is 0 Å². The number of anilines is 1. The summed E-state index contributed by atoms with van der Waals surface area (Å²) in [4.78, 5) is 10.8. The maximum atomic E-state index is 10.8. The molecule has 3 heteroatoms. The SMILES string of the molecule is CCc1ccc(CNc2ccc(OC(C)=O)cc2)cc1. The molecule has 1 N–H and O–H groups in total. The lowest BCUT2D eigenvalue weighted by Gasteiger charge is -2.08. The minimum Gasteiger partial charge on any atom is -0.427 e. The van der Waals surface area contributed by atoms with Gasteiger partial charge in [-0.2, -0.15) is 0 Å². The molecule has 0 radical (unpaired) electrons. The lowest BCUT2D eigenvalue weighted by molar-refractivity contribution is -0.131. The van der Waals surface area contributed by atoms with Crippen LogP contribution in [0.1, 0.15) is 25.0 Å². The summed E-state index contributed by atoms with van der Waals surface area (Å²) >= 11 is 0. The molecular weight excluding hydrogens is 250 g/mol. The van der Waals surface area contributed by atoms with Crippen LogP contribution in [0, 0.1) is 0 Å². The first-order valence-corrected chi connectivity index (χ1v) is 6.77. The fourth-order valence-electron chi connectivity index (χ4n) is 1.90. The molecule has 0 saturated heterocycles. The van der Waals surface area contributed by atoms with Crippen molar-refractivity contribution in [3.05, 3.63) is 59.7 Å². The quantitative estimate of drug-likeness (QED) is 0.663. The molecule has 3 nitrogen and oxygen atoms in total. The number of rotatable bonds is 5. The van der Waals surface area contributed by atoms with E-state index in [2.05, 4.69) is 36.5 Å². The van der Waals surface area contributed by atoms with E-state index < -0.39 is 0 Å². The molecular formula is C17H19NO2. The van der Waals surface area contributed by atoms with Gasteiger partial charge in [-0.1, -0.05) is 31.2 Å². The van der Waals surface area contributed by atoms with Crippen LogP contribution in [0.5, 0.6) is 5.75 Å². The van der Waals surface area contributed by atoms with Crippen LogP contribution in [0.25, 0.3) is 0 Å². The van der Waals surface area contributed by atoms with Gasteiger partial charge in [0.25, 0.3) is 0 Å². The third-order valence-corrected chi connectivity index (χ3v) is 3.04. The molecule has 0 heterocycles. The number of aryl methyl sites for hydroxylation is 1. The molecule has 0 aliphatic heterocycles. The number of carbonyl (C=O) groups is 1. The number of benzene rings is 2. The number of ether oxygens (including phenoxy) is 1. The number of hydrogen-bond donors (Lipinski definition) is 1. The summed E-state index contributed by atoms with van der Waals surface area (Å²) in [5, 5.41) is 3.34. The zero-order chi connectivity index (χ0) is 14.4. The van der Waals surface area contributed by atoms with Gasteiger partial charge in [0, 0.05) is 19.2 Å². The summed E-state index contributed by atoms with van der Waals surface area (Å²) in [7, 11) is 0. The largest absolute Gasteiger partial charge is 0.427 e. The molecule has 0 aliphatic carbocycles. The average molecular weight is 269 g/mol. The summed E-state index contributed by atoms with van der Waals surface area (Å²) in [5.74, 6) is 0.261. The monoisotopic (exact) mass is 269 g/mol. The Balaban J connectivity index is 1.91. The number of hydrogen-bond acceptors (Lipinski definition) is 3. The van der Waals surface area contributed by atoms with Crippen molar-refractivity contribution in [2.75, 3.05) is 5.32 Å². The standard InChI is InChI=1S/C17H19NO2/c1-3-14-4-6-15(7-5-14)12-18-16-8-10-17(11-9-16)20-13(2)19/h4-11,18H,3,12H2,1-2H3. The predicted molar refractivity (Wildman–Crippen MR) is 80.9 cm³/mol. The Hall–Kier alpha value is -2.29. The second-order valence-electron chi connectivity index (χ2n) is 4.64. The van der Waals surface area contributed by atoms with Gasteiger partial charge in [-0.25, -0.2) is 0 Å². The lowest BCUT2D eigenvalue weighted by atomic mass is 10.1. The van der Waals surface area contributed by atoms with E-state index in [1.54, 1.807) is 12.1 Å². The van der Waals surface area contributed by atoms with Crippen LogP contribution in [0.4, 0.5) is 5.69 Å². The van der Waals surface area contributed by atoms with E-state index in [1.165, 1.54) is 18.1 Å². The van der Waals surface area contributed by atoms with E-state index in [-0.39, 0.29) is 5.97 Å². The highest BCUT2D eigenvalue weighted by molar-refractivity contribution is 5.69. The van der Waals surface area contributed by atoms with Crippen LogP contribution in [-0.4, -0.2) is 5.97 Å². The molecule has 2 aromatic carbocycles. The van der Waals surface area contributed by atoms with Crippen LogP contribution in [0.3, 0.4) is 0 Å². The summed E-state index contributed by atoms with van der Waals surface area (Å²) < 4.78 is 4.99. The predicted octanol–water partition coefficient (Wildman–Crippen LogP) is 3.79. The Kier molecular flexibility index (Phi) is 4.77. The Bertz CT molecular complexity index is 559. The van der Waals surface area contributed by atoms with Gasteiger partial charge >= 0.3 is 5.97 Å².